The highest BCUT2D eigenvalue weighted by Gasteiger charge is 2.53. The molecule has 2 aliphatic rings. The van der Waals surface area contributed by atoms with Crippen LogP contribution in [0, 0.1) is 5.92 Å². The molecule has 1 atom stereocenters. The van der Waals surface area contributed by atoms with Gasteiger partial charge in [0.05, 0.1) is 43.5 Å². The first-order valence-corrected chi connectivity index (χ1v) is 28.6. The molecule has 1 spiro atoms. The van der Waals surface area contributed by atoms with Gasteiger partial charge in [-0.2, -0.15) is 0 Å². The normalized spacial score (nSPS) is 15.2. The third kappa shape index (κ3) is 32.2. The van der Waals surface area contributed by atoms with Gasteiger partial charge in [-0.1, -0.05) is 139 Å². The first-order chi connectivity index (χ1) is 29.2. The molecule has 2 amide bonds. The number of carboxylic acids is 2. The Morgan fingerprint density at radius 3 is 1.53 bits per heavy atom. The van der Waals surface area contributed by atoms with Gasteiger partial charge < -0.3 is 39.8 Å². The van der Waals surface area contributed by atoms with E-state index in [0.717, 1.165) is 38.5 Å². The van der Waals surface area contributed by atoms with Crippen molar-refractivity contribution in [2.45, 2.75) is 155 Å². The summed E-state index contributed by atoms with van der Waals surface area (Å²) < 4.78 is 21.9. The fraction of sp³-hybridized carbons (Fsp3) is 0.878. The van der Waals surface area contributed by atoms with Crippen molar-refractivity contribution in [3.05, 3.63) is 0 Å². The molecule has 348 valence electrons. The van der Waals surface area contributed by atoms with Crippen LogP contribution in [0.15, 0.2) is 0 Å². The van der Waals surface area contributed by atoms with Crippen LogP contribution in [-0.4, -0.2) is 113 Å². The highest BCUT2D eigenvalue weighted by atomic mass is 33.2. The quantitative estimate of drug-likeness (QED) is 0.0257. The number of Topliss-reactive ketones (excluding diaryl/α,β-unsaturated/α-hetero) is 1. The number of ether oxygens (including phenoxy) is 4. The molecule has 60 heavy (non-hydrogen) atoms. The molecule has 4 N–H and O–H groups in total. The Bertz CT molecular complexity index is 1160. The second-order valence-corrected chi connectivity index (χ2v) is 24.6. The molecule has 2 saturated heterocycles. The molecule has 0 bridgehead atoms. The summed E-state index contributed by atoms with van der Waals surface area (Å²) in [7, 11) is 10.5. The van der Waals surface area contributed by atoms with Crippen molar-refractivity contribution >= 4 is 94.3 Å². The number of ketones is 1. The Hall–Kier alpha value is -0.510. The van der Waals surface area contributed by atoms with Crippen molar-refractivity contribution in [3.8, 4) is 0 Å². The van der Waals surface area contributed by atoms with E-state index >= 15 is 0 Å². The molecule has 2 aliphatic heterocycles. The van der Waals surface area contributed by atoms with Crippen LogP contribution in [0.1, 0.15) is 148 Å². The number of unbranched alkanes of at least 4 members (excludes halogenated alkanes) is 16. The third-order valence-electron chi connectivity index (χ3n) is 9.72. The van der Waals surface area contributed by atoms with E-state index in [0.29, 0.717) is 84.6 Å². The molecule has 2 heterocycles. The van der Waals surface area contributed by atoms with Gasteiger partial charge in [0, 0.05) is 39.0 Å². The highest BCUT2D eigenvalue weighted by Crippen LogP contribution is 2.84. The van der Waals surface area contributed by atoms with Crippen molar-refractivity contribution in [1.29, 1.82) is 0 Å². The van der Waals surface area contributed by atoms with E-state index in [1.807, 2.05) is 21.6 Å². The number of hydrogen-bond donors (Lipinski definition) is 4. The summed E-state index contributed by atoms with van der Waals surface area (Å²) in [5.41, 5.74) is 0. The van der Waals surface area contributed by atoms with Gasteiger partial charge in [0.1, 0.15) is 13.2 Å². The van der Waals surface area contributed by atoms with E-state index in [4.69, 9.17) is 24.1 Å². The molecular formula is C41H72N2O11S6. The zero-order valence-electron chi connectivity index (χ0n) is 35.5. The minimum Gasteiger partial charge on any atom is -0.481 e. The molecule has 0 saturated carbocycles. The summed E-state index contributed by atoms with van der Waals surface area (Å²) >= 11 is 0. The molecule has 0 aromatic carbocycles. The lowest BCUT2D eigenvalue weighted by molar-refractivity contribution is -0.141. The molecule has 0 aromatic rings. The van der Waals surface area contributed by atoms with Crippen molar-refractivity contribution < 1.29 is 53.1 Å². The zero-order chi connectivity index (χ0) is 43.4. The molecule has 0 unspecified atom stereocenters. The molecule has 0 aliphatic carbocycles. The number of carboxylic acid groups (broad SMARTS) is 2. The van der Waals surface area contributed by atoms with E-state index in [2.05, 4.69) is 10.6 Å². The second kappa shape index (κ2) is 37.8. The summed E-state index contributed by atoms with van der Waals surface area (Å²) in [4.78, 5) is 58.4. The lowest BCUT2D eigenvalue weighted by atomic mass is 10.0. The van der Waals surface area contributed by atoms with Gasteiger partial charge >= 0.3 is 11.9 Å². The maximum absolute atomic E-state index is 12.1. The van der Waals surface area contributed by atoms with E-state index in [-0.39, 0.29) is 44.7 Å². The SMILES string of the molecule is O=C(O)CCCCCCCCCCCCCCCCCCC(=O)NCCOCCOCC(=O)CCCOCCOCC(=O)NCCCC[C@@H](C(=O)O)C1SSC2(SS1)SS2. The molecule has 2 fully saturated rings. The van der Waals surface area contributed by atoms with Crippen LogP contribution in [0.3, 0.4) is 0 Å². The minimum absolute atomic E-state index is 0.00920. The monoisotopic (exact) mass is 960 g/mol. The summed E-state index contributed by atoms with van der Waals surface area (Å²) in [6, 6.07) is 0. The van der Waals surface area contributed by atoms with Crippen LogP contribution in [0.25, 0.3) is 0 Å². The minimum atomic E-state index is -0.758. The average molecular weight is 961 g/mol. The number of carbonyl (C=O) groups is 5. The largest absolute Gasteiger partial charge is 0.481 e. The van der Waals surface area contributed by atoms with Crippen LogP contribution in [-0.2, 0) is 42.9 Å². The lowest BCUT2D eigenvalue weighted by Crippen LogP contribution is -2.29. The number of rotatable bonds is 43. The van der Waals surface area contributed by atoms with Gasteiger partial charge in [-0.15, -0.1) is 0 Å². The number of hydrogen-bond acceptors (Lipinski definition) is 15. The van der Waals surface area contributed by atoms with Crippen LogP contribution in [0.5, 0.6) is 0 Å². The maximum atomic E-state index is 12.1. The number of carbonyl (C=O) groups excluding carboxylic acids is 3. The first-order valence-electron chi connectivity index (χ1n) is 22.1. The summed E-state index contributed by atoms with van der Waals surface area (Å²) in [6.45, 7) is 2.96. The Morgan fingerprint density at radius 2 is 0.983 bits per heavy atom. The topological polar surface area (TPSA) is 187 Å². The van der Waals surface area contributed by atoms with Crippen LogP contribution in [0.2, 0.25) is 0 Å². The van der Waals surface area contributed by atoms with Crippen molar-refractivity contribution in [2.24, 2.45) is 5.92 Å². The molecular weight excluding hydrogens is 889 g/mol. The second-order valence-electron chi connectivity index (χ2n) is 15.1. The molecule has 0 aromatic heterocycles. The number of amides is 2. The van der Waals surface area contributed by atoms with E-state index in [1.54, 1.807) is 43.2 Å². The summed E-state index contributed by atoms with van der Waals surface area (Å²) in [5, 5.41) is 24.0. The third-order valence-corrected chi connectivity index (χ3v) is 23.6. The number of aliphatic carboxylic acids is 2. The summed E-state index contributed by atoms with van der Waals surface area (Å²) in [5.74, 6) is -2.01. The average Bonchev–Trinajstić information content (AvgIpc) is 3.99. The number of nitrogens with one attached hydrogen (secondary N) is 2. The van der Waals surface area contributed by atoms with Gasteiger partial charge in [0.25, 0.3) is 0 Å². The summed E-state index contributed by atoms with van der Waals surface area (Å²) in [6.07, 6.45) is 22.8. The van der Waals surface area contributed by atoms with E-state index in [1.165, 1.54) is 70.6 Å². The van der Waals surface area contributed by atoms with Gasteiger partial charge in [0.15, 0.2) is 8.53 Å². The Balaban J connectivity index is 1.23. The van der Waals surface area contributed by atoms with Crippen molar-refractivity contribution in [3.63, 3.8) is 0 Å². The maximum Gasteiger partial charge on any atom is 0.308 e. The smallest absolute Gasteiger partial charge is 0.308 e. The van der Waals surface area contributed by atoms with Gasteiger partial charge in [-0.3, -0.25) is 24.0 Å². The van der Waals surface area contributed by atoms with Gasteiger partial charge in [0.2, 0.25) is 11.8 Å². The fourth-order valence-electron chi connectivity index (χ4n) is 6.23. The van der Waals surface area contributed by atoms with Crippen LogP contribution in [0.4, 0.5) is 0 Å². The first kappa shape index (κ1) is 55.6. The lowest BCUT2D eigenvalue weighted by Gasteiger charge is -2.27. The van der Waals surface area contributed by atoms with Crippen molar-refractivity contribution in [1.82, 2.24) is 10.6 Å². The Morgan fingerprint density at radius 1 is 0.483 bits per heavy atom. The van der Waals surface area contributed by atoms with Crippen LogP contribution < -0.4 is 10.6 Å². The highest BCUT2D eigenvalue weighted by molar-refractivity contribution is 9.14. The predicted octanol–water partition coefficient (Wildman–Crippen LogP) is 9.72. The molecule has 13 nitrogen and oxygen atoms in total. The molecule has 2 rings (SSSR count). The van der Waals surface area contributed by atoms with Gasteiger partial charge in [-0.25, -0.2) is 0 Å². The van der Waals surface area contributed by atoms with Crippen molar-refractivity contribution in [2.75, 3.05) is 65.9 Å². The van der Waals surface area contributed by atoms with Gasteiger partial charge in [-0.05, 0) is 53.7 Å². The van der Waals surface area contributed by atoms with Crippen LogP contribution >= 0.6 is 64.8 Å². The Kier molecular flexibility index (Phi) is 35.1. The zero-order valence-corrected chi connectivity index (χ0v) is 40.4. The van der Waals surface area contributed by atoms with E-state index in [9.17, 15) is 29.1 Å². The Labute approximate surface area is 382 Å². The molecule has 19 heteroatoms. The van der Waals surface area contributed by atoms with E-state index < -0.39 is 17.9 Å². The fourth-order valence-corrected chi connectivity index (χ4v) is 20.1. The standard InChI is InChI=1S/C41H72N2O11S6/c44-34(20-19-26-51-28-31-54-33-37(46)42-24-18-17-21-35(39(49)50)40-55-57-41(58-56-40)59-60-41)32-53-30-29-52-27-25-43-36(45)22-15-13-11-9-7-5-3-1-2-4-6-8-10-12-14-16-23-38(47)48/h35,40H,1-33H2,(H,42,46)(H,43,45)(H,47,48)(H,49,50)/t35-/m0/s1. The predicted molar refractivity (Wildman–Crippen MR) is 251 cm³/mol. The molecule has 0 radical (unpaired) electrons.